The topological polar surface area (TPSA) is 41.5 Å². The first-order valence-electron chi connectivity index (χ1n) is 5.55. The molecule has 0 spiro atoms. The first kappa shape index (κ1) is 12.2. The molecule has 0 amide bonds. The summed E-state index contributed by atoms with van der Waals surface area (Å²) in [6, 6.07) is 11.4. The van der Waals surface area contributed by atoms with Crippen LogP contribution in [0, 0.1) is 5.82 Å². The molecular weight excluding hydrogens is 233 g/mol. The summed E-state index contributed by atoms with van der Waals surface area (Å²) in [5.41, 5.74) is 1.09. The molecule has 0 aromatic heterocycles. The van der Waals surface area contributed by atoms with Gasteiger partial charge in [-0.15, -0.1) is 0 Å². The summed E-state index contributed by atoms with van der Waals surface area (Å²) < 4.78 is 18.4. The highest BCUT2D eigenvalue weighted by Gasteiger charge is 2.04. The summed E-state index contributed by atoms with van der Waals surface area (Å²) in [6.07, 6.45) is 0. The number of hydrogen-bond donors (Lipinski definition) is 2. The average Bonchev–Trinajstić information content (AvgIpc) is 2.39. The molecule has 94 valence electrons. The van der Waals surface area contributed by atoms with Gasteiger partial charge in [0.15, 0.2) is 0 Å². The fourth-order valence-corrected chi connectivity index (χ4v) is 1.62. The van der Waals surface area contributed by atoms with Gasteiger partial charge in [-0.3, -0.25) is 0 Å². The maximum absolute atomic E-state index is 13.4. The molecule has 3 nitrogen and oxygen atoms in total. The van der Waals surface area contributed by atoms with Crippen molar-refractivity contribution in [2.45, 2.75) is 6.54 Å². The van der Waals surface area contributed by atoms with Gasteiger partial charge in [0.2, 0.25) is 0 Å². The summed E-state index contributed by atoms with van der Waals surface area (Å²) >= 11 is 0. The van der Waals surface area contributed by atoms with Crippen LogP contribution < -0.4 is 10.1 Å². The van der Waals surface area contributed by atoms with Gasteiger partial charge in [-0.1, -0.05) is 12.1 Å². The number of benzene rings is 2. The average molecular weight is 247 g/mol. The van der Waals surface area contributed by atoms with Gasteiger partial charge in [0.25, 0.3) is 0 Å². The van der Waals surface area contributed by atoms with E-state index in [2.05, 4.69) is 5.32 Å². The zero-order valence-electron chi connectivity index (χ0n) is 9.98. The Morgan fingerprint density at radius 2 is 2.00 bits per heavy atom. The predicted octanol–water partition coefficient (Wildman–Crippen LogP) is 3.15. The molecule has 0 aliphatic heterocycles. The third-order valence-electron chi connectivity index (χ3n) is 2.64. The lowest BCUT2D eigenvalue weighted by molar-refractivity contribution is 0.406. The summed E-state index contributed by atoms with van der Waals surface area (Å²) in [5, 5.41) is 12.7. The van der Waals surface area contributed by atoms with Gasteiger partial charge in [-0.25, -0.2) is 4.39 Å². The maximum atomic E-state index is 13.4. The van der Waals surface area contributed by atoms with Gasteiger partial charge in [0.1, 0.15) is 17.3 Å². The van der Waals surface area contributed by atoms with E-state index >= 15 is 0 Å². The number of para-hydroxylation sites is 1. The van der Waals surface area contributed by atoms with Gasteiger partial charge in [0, 0.05) is 18.2 Å². The number of ether oxygens (including phenoxy) is 1. The fraction of sp³-hybridized carbons (Fsp3) is 0.143. The highest BCUT2D eigenvalue weighted by Crippen LogP contribution is 2.24. The van der Waals surface area contributed by atoms with E-state index in [1.165, 1.54) is 19.2 Å². The van der Waals surface area contributed by atoms with Crippen molar-refractivity contribution in [3.8, 4) is 11.5 Å². The molecule has 0 heterocycles. The van der Waals surface area contributed by atoms with Crippen molar-refractivity contribution in [3.63, 3.8) is 0 Å². The number of anilines is 1. The molecule has 0 bridgehead atoms. The Morgan fingerprint density at radius 3 is 2.67 bits per heavy atom. The smallest absolute Gasteiger partial charge is 0.146 e. The molecule has 4 heteroatoms. The van der Waals surface area contributed by atoms with Gasteiger partial charge in [0.05, 0.1) is 12.8 Å². The molecule has 0 aliphatic carbocycles. The minimum absolute atomic E-state index is 0.123. The Morgan fingerprint density at radius 1 is 1.22 bits per heavy atom. The van der Waals surface area contributed by atoms with Crippen LogP contribution in [0.4, 0.5) is 10.1 Å². The minimum atomic E-state index is -0.314. The molecule has 0 radical (unpaired) electrons. The van der Waals surface area contributed by atoms with Crippen LogP contribution in [0.5, 0.6) is 11.5 Å². The van der Waals surface area contributed by atoms with Gasteiger partial charge in [-0.2, -0.15) is 0 Å². The molecule has 0 atom stereocenters. The van der Waals surface area contributed by atoms with E-state index in [0.717, 1.165) is 0 Å². The van der Waals surface area contributed by atoms with E-state index in [-0.39, 0.29) is 11.6 Å². The Hall–Kier alpha value is -2.23. The van der Waals surface area contributed by atoms with Crippen LogP contribution in [0.3, 0.4) is 0 Å². The number of methoxy groups -OCH3 is 1. The molecule has 18 heavy (non-hydrogen) atoms. The second-order valence-electron chi connectivity index (χ2n) is 3.83. The third-order valence-corrected chi connectivity index (χ3v) is 2.64. The van der Waals surface area contributed by atoms with Gasteiger partial charge in [-0.05, 0) is 24.3 Å². The zero-order chi connectivity index (χ0) is 13.0. The van der Waals surface area contributed by atoms with Gasteiger partial charge < -0.3 is 15.2 Å². The fourth-order valence-electron chi connectivity index (χ4n) is 1.62. The van der Waals surface area contributed by atoms with Crippen LogP contribution in [-0.2, 0) is 6.54 Å². The van der Waals surface area contributed by atoms with E-state index in [1.54, 1.807) is 30.3 Å². The third kappa shape index (κ3) is 2.71. The van der Waals surface area contributed by atoms with E-state index in [1.807, 2.05) is 0 Å². The van der Waals surface area contributed by atoms with E-state index in [9.17, 15) is 9.50 Å². The van der Waals surface area contributed by atoms with Crippen molar-refractivity contribution in [2.75, 3.05) is 12.4 Å². The number of rotatable bonds is 4. The van der Waals surface area contributed by atoms with Crippen molar-refractivity contribution in [3.05, 3.63) is 53.8 Å². The van der Waals surface area contributed by atoms with Crippen molar-refractivity contribution in [2.24, 2.45) is 0 Å². The monoisotopic (exact) mass is 247 g/mol. The van der Waals surface area contributed by atoms with Crippen molar-refractivity contribution in [1.82, 2.24) is 0 Å². The highest BCUT2D eigenvalue weighted by atomic mass is 19.1. The molecule has 2 aromatic carbocycles. The molecule has 0 saturated heterocycles. The predicted molar refractivity (Wildman–Crippen MR) is 68.4 cm³/mol. The van der Waals surface area contributed by atoms with Gasteiger partial charge >= 0.3 is 0 Å². The molecule has 2 aromatic rings. The summed E-state index contributed by atoms with van der Waals surface area (Å²) in [4.78, 5) is 0. The minimum Gasteiger partial charge on any atom is -0.507 e. The van der Waals surface area contributed by atoms with E-state index in [0.29, 0.717) is 23.5 Å². The van der Waals surface area contributed by atoms with Crippen LogP contribution >= 0.6 is 0 Å². The highest BCUT2D eigenvalue weighted by molar-refractivity contribution is 5.47. The molecule has 0 saturated carbocycles. The lowest BCUT2D eigenvalue weighted by Gasteiger charge is -2.10. The van der Waals surface area contributed by atoms with Crippen LogP contribution in [-0.4, -0.2) is 12.2 Å². The first-order valence-corrected chi connectivity index (χ1v) is 5.55. The number of phenolic OH excluding ortho intramolecular Hbond substituents is 1. The van der Waals surface area contributed by atoms with E-state index in [4.69, 9.17) is 4.74 Å². The molecule has 2 N–H and O–H groups in total. The van der Waals surface area contributed by atoms with E-state index < -0.39 is 0 Å². The quantitative estimate of drug-likeness (QED) is 0.872. The zero-order valence-corrected chi connectivity index (χ0v) is 9.98. The van der Waals surface area contributed by atoms with Crippen molar-refractivity contribution in [1.29, 1.82) is 0 Å². The maximum Gasteiger partial charge on any atom is 0.146 e. The van der Waals surface area contributed by atoms with Crippen LogP contribution in [0.1, 0.15) is 5.56 Å². The number of phenols is 1. The van der Waals surface area contributed by atoms with Crippen molar-refractivity contribution >= 4 is 5.69 Å². The Bertz CT molecular complexity index is 543. The molecule has 0 unspecified atom stereocenters. The normalized spacial score (nSPS) is 10.1. The lowest BCUT2D eigenvalue weighted by atomic mass is 10.2. The summed E-state index contributed by atoms with van der Waals surface area (Å²) in [6.45, 7) is 0.344. The standard InChI is InChI=1S/C14H14FNO2/c1-18-11-7-6-10(14(17)8-11)9-16-13-5-3-2-4-12(13)15/h2-8,16-17H,9H2,1H3. The number of halogens is 1. The second-order valence-corrected chi connectivity index (χ2v) is 3.83. The summed E-state index contributed by atoms with van der Waals surface area (Å²) in [7, 11) is 1.53. The first-order chi connectivity index (χ1) is 8.70. The number of aromatic hydroxyl groups is 1. The van der Waals surface area contributed by atoms with Crippen LogP contribution in [0.2, 0.25) is 0 Å². The Balaban J connectivity index is 2.09. The number of nitrogens with one attached hydrogen (secondary N) is 1. The molecule has 2 rings (SSSR count). The van der Waals surface area contributed by atoms with Crippen molar-refractivity contribution < 1.29 is 14.2 Å². The molecule has 0 aliphatic rings. The lowest BCUT2D eigenvalue weighted by Crippen LogP contribution is -2.01. The number of hydrogen-bond acceptors (Lipinski definition) is 3. The molecular formula is C14H14FNO2. The largest absolute Gasteiger partial charge is 0.507 e. The molecule has 0 fully saturated rings. The van der Waals surface area contributed by atoms with Crippen LogP contribution in [0.15, 0.2) is 42.5 Å². The Labute approximate surface area is 105 Å². The Kier molecular flexibility index (Phi) is 3.67. The second kappa shape index (κ2) is 5.40. The SMILES string of the molecule is COc1ccc(CNc2ccccc2F)c(O)c1. The van der Waals surface area contributed by atoms with Crippen LogP contribution in [0.25, 0.3) is 0 Å². The summed E-state index contributed by atoms with van der Waals surface area (Å²) in [5.74, 6) is 0.394.